The van der Waals surface area contributed by atoms with Gasteiger partial charge < -0.3 is 23.7 Å². The zero-order valence-corrected chi connectivity index (χ0v) is 16.5. The molecule has 1 aromatic heterocycles. The van der Waals surface area contributed by atoms with Crippen LogP contribution in [0.5, 0.6) is 11.6 Å². The fraction of sp³-hybridized carbons (Fsp3) is 0.684. The molecule has 0 aliphatic heterocycles. The fourth-order valence-corrected chi connectivity index (χ4v) is 3.07. The number of ether oxygens (including phenoxy) is 4. The minimum absolute atomic E-state index is 0.207. The first kappa shape index (κ1) is 20.9. The molecule has 1 fully saturated rings. The predicted molar refractivity (Wildman–Crippen MR) is 99.0 cm³/mol. The van der Waals surface area contributed by atoms with Gasteiger partial charge in [0.1, 0.15) is 23.2 Å². The third-order valence-corrected chi connectivity index (χ3v) is 4.62. The SMILES string of the molecule is COCCOc1ccnc(OCC2CC(OC[C@H](C)CC(C)=O)C2)c1Cl. The summed E-state index contributed by atoms with van der Waals surface area (Å²) in [5.41, 5.74) is 0. The quantitative estimate of drug-likeness (QED) is 0.512. The average molecular weight is 386 g/mol. The van der Waals surface area contributed by atoms with Crippen molar-refractivity contribution in [2.24, 2.45) is 11.8 Å². The van der Waals surface area contributed by atoms with Gasteiger partial charge in [0.2, 0.25) is 5.88 Å². The Kier molecular flexibility index (Phi) is 8.62. The second-order valence-electron chi connectivity index (χ2n) is 6.88. The van der Waals surface area contributed by atoms with Crippen molar-refractivity contribution in [2.75, 3.05) is 33.5 Å². The number of Topliss-reactive ketones (excluding diaryl/α,β-unsaturated/α-hetero) is 1. The van der Waals surface area contributed by atoms with Gasteiger partial charge in [0.25, 0.3) is 0 Å². The van der Waals surface area contributed by atoms with Crippen LogP contribution in [0.3, 0.4) is 0 Å². The molecule has 0 bridgehead atoms. The first-order chi connectivity index (χ1) is 12.5. The number of ketones is 1. The molecule has 7 heteroatoms. The van der Waals surface area contributed by atoms with Gasteiger partial charge in [0.15, 0.2) is 0 Å². The van der Waals surface area contributed by atoms with Gasteiger partial charge >= 0.3 is 0 Å². The van der Waals surface area contributed by atoms with Crippen LogP contribution in [0.4, 0.5) is 0 Å². The number of carbonyl (C=O) groups excluding carboxylic acids is 1. The van der Waals surface area contributed by atoms with Crippen molar-refractivity contribution < 1.29 is 23.7 Å². The normalized spacial score (nSPS) is 20.3. The van der Waals surface area contributed by atoms with Crippen LogP contribution in [0.1, 0.15) is 33.1 Å². The monoisotopic (exact) mass is 385 g/mol. The Morgan fingerprint density at radius 2 is 2.12 bits per heavy atom. The van der Waals surface area contributed by atoms with E-state index < -0.39 is 0 Å². The molecular weight excluding hydrogens is 358 g/mol. The number of nitrogens with zero attached hydrogens (tertiary/aromatic N) is 1. The van der Waals surface area contributed by atoms with Gasteiger partial charge in [-0.05, 0) is 31.6 Å². The van der Waals surface area contributed by atoms with Crippen LogP contribution in [-0.2, 0) is 14.3 Å². The number of hydrogen-bond donors (Lipinski definition) is 0. The van der Waals surface area contributed by atoms with Crippen LogP contribution in [0.15, 0.2) is 12.3 Å². The highest BCUT2D eigenvalue weighted by molar-refractivity contribution is 6.33. The van der Waals surface area contributed by atoms with Crippen molar-refractivity contribution in [3.8, 4) is 11.6 Å². The van der Waals surface area contributed by atoms with E-state index in [1.807, 2.05) is 6.92 Å². The van der Waals surface area contributed by atoms with E-state index in [4.69, 9.17) is 30.5 Å². The molecule has 0 aromatic carbocycles. The van der Waals surface area contributed by atoms with Crippen molar-refractivity contribution >= 4 is 17.4 Å². The Bertz CT molecular complexity index is 577. The van der Waals surface area contributed by atoms with Gasteiger partial charge in [-0.25, -0.2) is 4.98 Å². The summed E-state index contributed by atoms with van der Waals surface area (Å²) in [5.74, 6) is 1.84. The standard InChI is InChI=1S/C19H28ClNO5/c1-13(8-14(2)22)11-25-16-9-15(10-16)12-26-19-18(20)17(4-5-21-19)24-7-6-23-3/h4-5,13,15-16H,6-12H2,1-3H3/t13-,15?,16?/m1/s1. The smallest absolute Gasteiger partial charge is 0.236 e. The van der Waals surface area contributed by atoms with Crippen LogP contribution >= 0.6 is 11.6 Å². The zero-order chi connectivity index (χ0) is 18.9. The zero-order valence-electron chi connectivity index (χ0n) is 15.7. The average Bonchev–Trinajstić information content (AvgIpc) is 2.55. The van der Waals surface area contributed by atoms with E-state index in [1.54, 1.807) is 26.3 Å². The molecule has 1 heterocycles. The summed E-state index contributed by atoms with van der Waals surface area (Å²) in [6.07, 6.45) is 4.35. The highest BCUT2D eigenvalue weighted by atomic mass is 35.5. The lowest BCUT2D eigenvalue weighted by Crippen LogP contribution is -2.36. The maximum absolute atomic E-state index is 11.1. The summed E-state index contributed by atoms with van der Waals surface area (Å²) in [6, 6.07) is 1.71. The summed E-state index contributed by atoms with van der Waals surface area (Å²) < 4.78 is 22.1. The number of carbonyl (C=O) groups is 1. The van der Waals surface area contributed by atoms with Gasteiger partial charge in [0.05, 0.1) is 19.3 Å². The van der Waals surface area contributed by atoms with E-state index in [1.165, 1.54) is 0 Å². The first-order valence-corrected chi connectivity index (χ1v) is 9.37. The number of pyridine rings is 1. The van der Waals surface area contributed by atoms with Crippen LogP contribution in [-0.4, -0.2) is 50.4 Å². The van der Waals surface area contributed by atoms with Crippen LogP contribution in [0, 0.1) is 11.8 Å². The summed E-state index contributed by atoms with van der Waals surface area (Å²) in [5, 5.41) is 0.383. The summed E-state index contributed by atoms with van der Waals surface area (Å²) >= 11 is 6.28. The second-order valence-corrected chi connectivity index (χ2v) is 7.26. The molecule has 1 aliphatic rings. The number of methoxy groups -OCH3 is 1. The predicted octanol–water partition coefficient (Wildman–Crippen LogP) is 3.55. The van der Waals surface area contributed by atoms with Crippen molar-refractivity contribution in [2.45, 2.75) is 39.2 Å². The molecule has 6 nitrogen and oxygen atoms in total. The van der Waals surface area contributed by atoms with Crippen LogP contribution < -0.4 is 9.47 Å². The van der Waals surface area contributed by atoms with Gasteiger partial charge in [0, 0.05) is 32.4 Å². The van der Waals surface area contributed by atoms with Gasteiger partial charge in [-0.15, -0.1) is 0 Å². The van der Waals surface area contributed by atoms with Crippen LogP contribution in [0.2, 0.25) is 5.02 Å². The van der Waals surface area contributed by atoms with E-state index in [0.29, 0.717) is 55.4 Å². The van der Waals surface area contributed by atoms with Crippen molar-refractivity contribution in [1.82, 2.24) is 4.98 Å². The number of hydrogen-bond acceptors (Lipinski definition) is 6. The Balaban J connectivity index is 1.67. The lowest BCUT2D eigenvalue weighted by molar-refractivity contribution is -0.119. The minimum Gasteiger partial charge on any atom is -0.489 e. The van der Waals surface area contributed by atoms with Crippen molar-refractivity contribution in [3.63, 3.8) is 0 Å². The molecule has 0 amide bonds. The highest BCUT2D eigenvalue weighted by Crippen LogP contribution is 2.35. The number of rotatable bonds is 12. The third-order valence-electron chi connectivity index (χ3n) is 4.27. The molecule has 0 spiro atoms. The Morgan fingerprint density at radius 1 is 1.35 bits per heavy atom. The van der Waals surface area contributed by atoms with Crippen molar-refractivity contribution in [3.05, 3.63) is 17.3 Å². The minimum atomic E-state index is 0.207. The molecule has 1 aliphatic carbocycles. The molecule has 0 saturated heterocycles. The third kappa shape index (κ3) is 6.74. The largest absolute Gasteiger partial charge is 0.489 e. The van der Waals surface area contributed by atoms with E-state index in [0.717, 1.165) is 12.8 Å². The molecule has 1 saturated carbocycles. The molecule has 2 rings (SSSR count). The second kappa shape index (κ2) is 10.7. The fourth-order valence-electron chi connectivity index (χ4n) is 2.85. The number of aromatic nitrogens is 1. The summed E-state index contributed by atoms with van der Waals surface area (Å²) in [7, 11) is 1.62. The molecule has 0 unspecified atom stereocenters. The highest BCUT2D eigenvalue weighted by Gasteiger charge is 2.31. The Morgan fingerprint density at radius 3 is 2.81 bits per heavy atom. The summed E-state index contributed by atoms with van der Waals surface area (Å²) in [4.78, 5) is 15.3. The van der Waals surface area contributed by atoms with E-state index in [9.17, 15) is 4.79 Å². The first-order valence-electron chi connectivity index (χ1n) is 8.99. The van der Waals surface area contributed by atoms with E-state index >= 15 is 0 Å². The van der Waals surface area contributed by atoms with Crippen molar-refractivity contribution in [1.29, 1.82) is 0 Å². The van der Waals surface area contributed by atoms with E-state index in [2.05, 4.69) is 4.98 Å². The molecule has 0 N–H and O–H groups in total. The number of halogens is 1. The van der Waals surface area contributed by atoms with Gasteiger partial charge in [-0.2, -0.15) is 0 Å². The topological polar surface area (TPSA) is 66.9 Å². The molecule has 146 valence electrons. The molecule has 0 radical (unpaired) electrons. The van der Waals surface area contributed by atoms with Crippen LogP contribution in [0.25, 0.3) is 0 Å². The lowest BCUT2D eigenvalue weighted by Gasteiger charge is -2.35. The maximum Gasteiger partial charge on any atom is 0.236 e. The lowest BCUT2D eigenvalue weighted by atomic mass is 9.83. The molecule has 1 aromatic rings. The van der Waals surface area contributed by atoms with Gasteiger partial charge in [-0.1, -0.05) is 18.5 Å². The van der Waals surface area contributed by atoms with E-state index in [-0.39, 0.29) is 17.8 Å². The maximum atomic E-state index is 11.1. The molecule has 26 heavy (non-hydrogen) atoms. The Hall–Kier alpha value is -1.37. The molecule has 1 atom stereocenters. The summed E-state index contributed by atoms with van der Waals surface area (Å²) in [6.45, 7) is 5.75. The van der Waals surface area contributed by atoms with Gasteiger partial charge in [-0.3, -0.25) is 0 Å². The molecular formula is C19H28ClNO5. The Labute approximate surface area is 160 Å².